The van der Waals surface area contributed by atoms with Gasteiger partial charge in [-0.1, -0.05) is 49.7 Å². The van der Waals surface area contributed by atoms with Crippen LogP contribution in [0.4, 0.5) is 0 Å². The lowest BCUT2D eigenvalue weighted by atomic mass is 10.0. The maximum atomic E-state index is 13.2. The van der Waals surface area contributed by atoms with Crippen molar-refractivity contribution in [3.63, 3.8) is 0 Å². The Hall–Kier alpha value is -1.82. The minimum Gasteiger partial charge on any atom is -0.454 e. The van der Waals surface area contributed by atoms with Crippen molar-refractivity contribution >= 4 is 52.6 Å². The first-order valence-electron chi connectivity index (χ1n) is 9.00. The molecule has 0 aliphatic carbocycles. The fraction of sp³-hybridized carbons (Fsp3) is 0.227. The second kappa shape index (κ2) is 10.1. The van der Waals surface area contributed by atoms with Gasteiger partial charge in [-0.2, -0.15) is 0 Å². The molecule has 0 saturated carbocycles. The lowest BCUT2D eigenvalue weighted by Crippen LogP contribution is -2.01. The summed E-state index contributed by atoms with van der Waals surface area (Å²) in [5.41, 5.74) is 2.40. The maximum absolute atomic E-state index is 13.2. The number of hydrogen-bond donors (Lipinski definition) is 0. The molecule has 2 aromatic carbocycles. The van der Waals surface area contributed by atoms with Gasteiger partial charge in [0, 0.05) is 16.2 Å². The molecule has 0 unspecified atom stereocenters. The topological polar surface area (TPSA) is 35.5 Å². The van der Waals surface area contributed by atoms with E-state index in [1.165, 1.54) is 0 Å². The van der Waals surface area contributed by atoms with E-state index < -0.39 is 0 Å². The van der Waals surface area contributed by atoms with Gasteiger partial charge in [0.1, 0.15) is 0 Å². The number of ketones is 1. The number of ether oxygens (including phenoxy) is 2. The molecule has 3 rings (SSSR count). The van der Waals surface area contributed by atoms with Crippen molar-refractivity contribution in [3.05, 3.63) is 68.9 Å². The zero-order valence-corrected chi connectivity index (χ0v) is 18.1. The van der Waals surface area contributed by atoms with Crippen molar-refractivity contribution < 1.29 is 14.3 Å². The highest BCUT2D eigenvalue weighted by Gasteiger charge is 2.18. The summed E-state index contributed by atoms with van der Waals surface area (Å²) in [6, 6.07) is 13.1. The first-order valence-corrected chi connectivity index (χ1v) is 11.4. The number of carbonyl (C=O) groups is 1. The fourth-order valence-electron chi connectivity index (χ4n) is 2.76. The molecule has 0 bridgehead atoms. The molecule has 2 aromatic rings. The molecule has 0 saturated heterocycles. The van der Waals surface area contributed by atoms with E-state index >= 15 is 0 Å². The molecule has 1 heterocycles. The van der Waals surface area contributed by atoms with Crippen LogP contribution in [0.15, 0.2) is 52.8 Å². The molecule has 1 aliphatic rings. The molecule has 0 N–H and O–H groups in total. The van der Waals surface area contributed by atoms with E-state index in [0.29, 0.717) is 22.1 Å². The highest BCUT2D eigenvalue weighted by Crippen LogP contribution is 2.38. The first-order chi connectivity index (χ1) is 13.6. The predicted molar refractivity (Wildman–Crippen MR) is 121 cm³/mol. The number of hydrogen-bond acceptors (Lipinski definition) is 5. The first kappa shape index (κ1) is 20.9. The zero-order chi connectivity index (χ0) is 19.9. The zero-order valence-electron chi connectivity index (χ0n) is 15.7. The average molecular weight is 433 g/mol. The van der Waals surface area contributed by atoms with Crippen molar-refractivity contribution in [3.8, 4) is 11.5 Å². The predicted octanol–water partition coefficient (Wildman–Crippen LogP) is 6.53. The van der Waals surface area contributed by atoms with Gasteiger partial charge in [0.15, 0.2) is 17.3 Å². The van der Waals surface area contributed by atoms with Crippen LogP contribution in [0.1, 0.15) is 25.0 Å². The Morgan fingerprint density at radius 3 is 2.46 bits per heavy atom. The molecule has 3 nitrogen and oxygen atoms in total. The summed E-state index contributed by atoms with van der Waals surface area (Å²) in [5, 5.41) is 0.649. The van der Waals surface area contributed by atoms with Crippen LogP contribution >= 0.6 is 35.1 Å². The molecule has 28 heavy (non-hydrogen) atoms. The SMILES string of the molecule is CCSC(SCC)=C(C(=O)/C=C/c1cccc2c1OCO2)c1ccc(Cl)cc1. The summed E-state index contributed by atoms with van der Waals surface area (Å²) in [6.07, 6.45) is 3.39. The Bertz CT molecular complexity index is 896. The van der Waals surface area contributed by atoms with Crippen LogP contribution < -0.4 is 9.47 Å². The van der Waals surface area contributed by atoms with Gasteiger partial charge in [-0.3, -0.25) is 4.79 Å². The number of benzene rings is 2. The third-order valence-electron chi connectivity index (χ3n) is 3.98. The number of rotatable bonds is 8. The molecule has 0 amide bonds. The van der Waals surface area contributed by atoms with Gasteiger partial charge < -0.3 is 9.47 Å². The highest BCUT2D eigenvalue weighted by molar-refractivity contribution is 8.22. The monoisotopic (exact) mass is 432 g/mol. The normalized spacial score (nSPS) is 12.4. The third kappa shape index (κ3) is 4.96. The molecule has 6 heteroatoms. The molecule has 0 atom stereocenters. The Kier molecular flexibility index (Phi) is 7.54. The van der Waals surface area contributed by atoms with E-state index in [-0.39, 0.29) is 12.6 Å². The largest absolute Gasteiger partial charge is 0.454 e. The summed E-state index contributed by atoms with van der Waals surface area (Å²) >= 11 is 9.42. The number of thioether (sulfide) groups is 2. The molecule has 0 aromatic heterocycles. The molecule has 0 fully saturated rings. The lowest BCUT2D eigenvalue weighted by Gasteiger charge is -2.12. The van der Waals surface area contributed by atoms with Crippen molar-refractivity contribution in [2.75, 3.05) is 18.3 Å². The molecule has 0 radical (unpaired) electrons. The van der Waals surface area contributed by atoms with E-state index in [1.54, 1.807) is 35.7 Å². The van der Waals surface area contributed by atoms with Gasteiger partial charge in [-0.15, -0.1) is 23.5 Å². The molecule has 0 spiro atoms. The summed E-state index contributed by atoms with van der Waals surface area (Å²) in [6.45, 7) is 4.38. The number of allylic oxidation sites excluding steroid dienone is 2. The maximum Gasteiger partial charge on any atom is 0.231 e. The van der Waals surface area contributed by atoms with Crippen LogP contribution in [0.25, 0.3) is 11.6 Å². The van der Waals surface area contributed by atoms with E-state index in [9.17, 15) is 4.79 Å². The van der Waals surface area contributed by atoms with Crippen LogP contribution in [0.3, 0.4) is 0 Å². The van der Waals surface area contributed by atoms with Crippen LogP contribution in [-0.2, 0) is 4.79 Å². The Morgan fingerprint density at radius 1 is 1.07 bits per heavy atom. The Labute approximate surface area is 179 Å². The van der Waals surface area contributed by atoms with Crippen molar-refractivity contribution in [2.45, 2.75) is 13.8 Å². The smallest absolute Gasteiger partial charge is 0.231 e. The van der Waals surface area contributed by atoms with Gasteiger partial charge >= 0.3 is 0 Å². The Balaban J connectivity index is 1.98. The van der Waals surface area contributed by atoms with Gasteiger partial charge in [0.05, 0.1) is 4.24 Å². The van der Waals surface area contributed by atoms with Crippen LogP contribution in [0.5, 0.6) is 11.5 Å². The second-order valence-electron chi connectivity index (χ2n) is 5.81. The van der Waals surface area contributed by atoms with Gasteiger partial charge in [-0.05, 0) is 47.4 Å². The second-order valence-corrected chi connectivity index (χ2v) is 9.06. The number of fused-ring (bicyclic) bond motifs is 1. The summed E-state index contributed by atoms with van der Waals surface area (Å²) in [7, 11) is 0. The minimum atomic E-state index is -0.0456. The van der Waals surface area contributed by atoms with Crippen molar-refractivity contribution in [2.24, 2.45) is 0 Å². The average Bonchev–Trinajstić information content (AvgIpc) is 3.18. The summed E-state index contributed by atoms with van der Waals surface area (Å²) in [5.74, 6) is 3.12. The number of carbonyl (C=O) groups excluding carboxylic acids is 1. The molecule has 146 valence electrons. The van der Waals surface area contributed by atoms with Gasteiger partial charge in [-0.25, -0.2) is 0 Å². The number of para-hydroxylation sites is 1. The van der Waals surface area contributed by atoms with E-state index in [2.05, 4.69) is 13.8 Å². The number of halogens is 1. The standard InChI is InChI=1S/C22H21ClO3S2/c1-3-27-22(28-4-2)20(15-8-11-17(23)12-9-15)18(24)13-10-16-6-5-7-19-21(16)26-14-25-19/h5-13H,3-4,14H2,1-2H3/b13-10+. The van der Waals surface area contributed by atoms with E-state index in [4.69, 9.17) is 21.1 Å². The third-order valence-corrected chi connectivity index (χ3v) is 6.44. The van der Waals surface area contributed by atoms with Crippen LogP contribution in [-0.4, -0.2) is 24.1 Å². The van der Waals surface area contributed by atoms with E-state index in [0.717, 1.165) is 26.9 Å². The summed E-state index contributed by atoms with van der Waals surface area (Å²) in [4.78, 5) is 13.2. The molecular weight excluding hydrogens is 412 g/mol. The van der Waals surface area contributed by atoms with Crippen LogP contribution in [0.2, 0.25) is 5.02 Å². The minimum absolute atomic E-state index is 0.0456. The van der Waals surface area contributed by atoms with Crippen LogP contribution in [0, 0.1) is 0 Å². The van der Waals surface area contributed by atoms with Gasteiger partial charge in [0.2, 0.25) is 6.79 Å². The summed E-state index contributed by atoms with van der Waals surface area (Å²) < 4.78 is 12.0. The Morgan fingerprint density at radius 2 is 1.79 bits per heavy atom. The van der Waals surface area contributed by atoms with Crippen molar-refractivity contribution in [1.29, 1.82) is 0 Å². The van der Waals surface area contributed by atoms with Crippen molar-refractivity contribution in [1.82, 2.24) is 0 Å². The highest BCUT2D eigenvalue weighted by atomic mass is 35.5. The van der Waals surface area contributed by atoms with Gasteiger partial charge in [0.25, 0.3) is 0 Å². The molecular formula is C22H21ClO3S2. The lowest BCUT2D eigenvalue weighted by molar-refractivity contribution is -0.109. The quantitative estimate of drug-likeness (QED) is 0.443. The fourth-order valence-corrected chi connectivity index (χ4v) is 5.17. The van der Waals surface area contributed by atoms with E-state index in [1.807, 2.05) is 42.5 Å². The molecule has 1 aliphatic heterocycles.